The topological polar surface area (TPSA) is 26.0 Å². The first-order valence-corrected chi connectivity index (χ1v) is 6.03. The Morgan fingerprint density at radius 2 is 1.75 bits per heavy atom. The number of nitrogens with two attached hydrogens (primary N) is 1. The third-order valence-corrected chi connectivity index (χ3v) is 4.27. The lowest BCUT2D eigenvalue weighted by Crippen LogP contribution is -2.58. The second-order valence-electron chi connectivity index (χ2n) is 5.85. The van der Waals surface area contributed by atoms with Gasteiger partial charge in [-0.25, -0.2) is 4.39 Å². The molecule has 0 unspecified atom stereocenters. The van der Waals surface area contributed by atoms with Crippen molar-refractivity contribution in [2.45, 2.75) is 44.3 Å². The van der Waals surface area contributed by atoms with Crippen LogP contribution in [-0.4, -0.2) is 6.04 Å². The fourth-order valence-electron chi connectivity index (χ4n) is 3.53. The Bertz CT molecular complexity index is 395. The number of hydrogen-bond donors (Lipinski definition) is 1. The van der Waals surface area contributed by atoms with E-state index in [2.05, 4.69) is 0 Å². The molecular weight excluding hydrogens is 201 g/mol. The van der Waals surface area contributed by atoms with Gasteiger partial charge >= 0.3 is 0 Å². The molecule has 3 rings (SSSR count). The average molecular weight is 219 g/mol. The van der Waals surface area contributed by atoms with E-state index < -0.39 is 5.67 Å². The summed E-state index contributed by atoms with van der Waals surface area (Å²) in [4.78, 5) is 0. The van der Waals surface area contributed by atoms with Crippen LogP contribution in [0.1, 0.15) is 36.8 Å². The molecule has 0 aromatic heterocycles. The zero-order valence-corrected chi connectivity index (χ0v) is 9.67. The Morgan fingerprint density at radius 1 is 1.19 bits per heavy atom. The Balaban J connectivity index is 1.75. The van der Waals surface area contributed by atoms with Gasteiger partial charge in [-0.2, -0.15) is 0 Å². The van der Waals surface area contributed by atoms with Crippen LogP contribution in [0.2, 0.25) is 0 Å². The van der Waals surface area contributed by atoms with Crippen molar-refractivity contribution < 1.29 is 4.39 Å². The van der Waals surface area contributed by atoms with Crippen LogP contribution < -0.4 is 5.73 Å². The first-order valence-electron chi connectivity index (χ1n) is 6.03. The molecule has 0 aliphatic heterocycles. The van der Waals surface area contributed by atoms with Crippen molar-refractivity contribution in [2.24, 2.45) is 11.1 Å². The molecule has 86 valence electrons. The summed E-state index contributed by atoms with van der Waals surface area (Å²) in [5.74, 6) is 0. The summed E-state index contributed by atoms with van der Waals surface area (Å²) < 4.78 is 14.6. The van der Waals surface area contributed by atoms with Crippen LogP contribution in [0.3, 0.4) is 0 Å². The summed E-state index contributed by atoms with van der Waals surface area (Å²) in [5.41, 5.74) is 7.00. The minimum absolute atomic E-state index is 0.249. The van der Waals surface area contributed by atoms with E-state index in [4.69, 9.17) is 5.73 Å². The molecular formula is C14H18FN. The molecule has 2 aliphatic carbocycles. The van der Waals surface area contributed by atoms with Gasteiger partial charge in [0.1, 0.15) is 5.67 Å². The molecule has 0 saturated heterocycles. The second kappa shape index (κ2) is 3.07. The SMILES string of the molecule is Cc1ccc(C2(F)CC3(CC(N)C3)C2)cc1. The average Bonchev–Trinajstić information content (AvgIpc) is 2.14. The fourth-order valence-corrected chi connectivity index (χ4v) is 3.53. The molecule has 0 radical (unpaired) electrons. The highest BCUT2D eigenvalue weighted by Gasteiger charge is 2.60. The van der Waals surface area contributed by atoms with Crippen molar-refractivity contribution in [3.05, 3.63) is 35.4 Å². The predicted octanol–water partition coefficient (Wildman–Crippen LogP) is 3.06. The molecule has 16 heavy (non-hydrogen) atoms. The molecule has 2 heteroatoms. The van der Waals surface area contributed by atoms with Crippen molar-refractivity contribution in [3.8, 4) is 0 Å². The maximum absolute atomic E-state index is 14.6. The number of hydrogen-bond acceptors (Lipinski definition) is 1. The number of rotatable bonds is 1. The number of benzene rings is 1. The largest absolute Gasteiger partial charge is 0.328 e. The summed E-state index contributed by atoms with van der Waals surface area (Å²) in [6.45, 7) is 2.03. The van der Waals surface area contributed by atoms with E-state index in [-0.39, 0.29) is 5.41 Å². The van der Waals surface area contributed by atoms with Crippen LogP contribution in [0, 0.1) is 12.3 Å². The number of alkyl halides is 1. The van der Waals surface area contributed by atoms with Crippen molar-refractivity contribution >= 4 is 0 Å². The van der Waals surface area contributed by atoms with Gasteiger partial charge in [0.05, 0.1) is 0 Å². The third-order valence-electron chi connectivity index (χ3n) is 4.27. The highest BCUT2D eigenvalue weighted by molar-refractivity contribution is 5.31. The van der Waals surface area contributed by atoms with Crippen molar-refractivity contribution in [3.63, 3.8) is 0 Å². The number of aryl methyl sites for hydroxylation is 1. The minimum atomic E-state index is -1.08. The van der Waals surface area contributed by atoms with E-state index in [1.165, 1.54) is 5.56 Å². The van der Waals surface area contributed by atoms with Gasteiger partial charge in [0, 0.05) is 6.04 Å². The molecule has 0 bridgehead atoms. The molecule has 0 amide bonds. The van der Waals surface area contributed by atoms with Crippen LogP contribution in [0.4, 0.5) is 4.39 Å². The maximum atomic E-state index is 14.6. The number of halogens is 1. The van der Waals surface area contributed by atoms with Crippen LogP contribution in [0.25, 0.3) is 0 Å². The third kappa shape index (κ3) is 1.40. The predicted molar refractivity (Wildman–Crippen MR) is 62.8 cm³/mol. The Kier molecular flexibility index (Phi) is 1.97. The van der Waals surface area contributed by atoms with Gasteiger partial charge in [0.15, 0.2) is 0 Å². The summed E-state index contributed by atoms with van der Waals surface area (Å²) >= 11 is 0. The van der Waals surface area contributed by atoms with Gasteiger partial charge in [-0.1, -0.05) is 29.8 Å². The van der Waals surface area contributed by atoms with Gasteiger partial charge < -0.3 is 5.73 Å². The highest BCUT2D eigenvalue weighted by atomic mass is 19.1. The Labute approximate surface area is 95.8 Å². The molecule has 1 spiro atoms. The summed E-state index contributed by atoms with van der Waals surface area (Å²) in [5, 5.41) is 0. The maximum Gasteiger partial charge on any atom is 0.137 e. The fraction of sp³-hybridized carbons (Fsp3) is 0.571. The molecule has 2 aliphatic rings. The van der Waals surface area contributed by atoms with Gasteiger partial charge in [0.2, 0.25) is 0 Å². The Hall–Kier alpha value is -0.890. The monoisotopic (exact) mass is 219 g/mol. The zero-order valence-electron chi connectivity index (χ0n) is 9.67. The standard InChI is InChI=1S/C14H18FN/c1-10-2-4-11(5-3-10)14(15)8-13(9-14)6-12(16)7-13/h2-5,12H,6-9,16H2,1H3. The zero-order chi connectivity index (χ0) is 11.4. The first kappa shape index (κ1) is 10.3. The molecule has 2 N–H and O–H groups in total. The molecule has 0 heterocycles. The highest BCUT2D eigenvalue weighted by Crippen LogP contribution is 2.65. The summed E-state index contributed by atoms with van der Waals surface area (Å²) in [6, 6.07) is 8.17. The van der Waals surface area contributed by atoms with Gasteiger partial charge in [-0.05, 0) is 43.6 Å². The molecule has 2 fully saturated rings. The quantitative estimate of drug-likeness (QED) is 0.771. The van der Waals surface area contributed by atoms with Crippen LogP contribution in [0.5, 0.6) is 0 Å². The van der Waals surface area contributed by atoms with Crippen molar-refractivity contribution in [2.75, 3.05) is 0 Å². The van der Waals surface area contributed by atoms with Crippen LogP contribution in [-0.2, 0) is 5.67 Å². The summed E-state index contributed by atoms with van der Waals surface area (Å²) in [7, 11) is 0. The van der Waals surface area contributed by atoms with Crippen LogP contribution >= 0.6 is 0 Å². The lowest BCUT2D eigenvalue weighted by molar-refractivity contribution is -0.127. The minimum Gasteiger partial charge on any atom is -0.328 e. The van der Waals surface area contributed by atoms with Crippen molar-refractivity contribution in [1.29, 1.82) is 0 Å². The lowest BCUT2D eigenvalue weighted by atomic mass is 9.48. The normalized spacial score (nSPS) is 41.6. The van der Waals surface area contributed by atoms with E-state index in [0.29, 0.717) is 18.9 Å². The van der Waals surface area contributed by atoms with Gasteiger partial charge in [0.25, 0.3) is 0 Å². The second-order valence-corrected chi connectivity index (χ2v) is 5.85. The van der Waals surface area contributed by atoms with Crippen LogP contribution in [0.15, 0.2) is 24.3 Å². The van der Waals surface area contributed by atoms with Gasteiger partial charge in [-0.3, -0.25) is 0 Å². The van der Waals surface area contributed by atoms with E-state index in [9.17, 15) is 4.39 Å². The molecule has 1 nitrogen and oxygen atoms in total. The molecule has 1 aromatic rings. The van der Waals surface area contributed by atoms with E-state index >= 15 is 0 Å². The van der Waals surface area contributed by atoms with Crippen molar-refractivity contribution in [1.82, 2.24) is 0 Å². The van der Waals surface area contributed by atoms with E-state index in [0.717, 1.165) is 18.4 Å². The Morgan fingerprint density at radius 3 is 2.25 bits per heavy atom. The lowest BCUT2D eigenvalue weighted by Gasteiger charge is -2.59. The first-order chi connectivity index (χ1) is 7.51. The smallest absolute Gasteiger partial charge is 0.137 e. The molecule has 2 saturated carbocycles. The molecule has 1 aromatic carbocycles. The van der Waals surface area contributed by atoms with E-state index in [1.807, 2.05) is 31.2 Å². The summed E-state index contributed by atoms with van der Waals surface area (Å²) in [6.07, 6.45) is 3.39. The molecule has 0 atom stereocenters. The van der Waals surface area contributed by atoms with E-state index in [1.54, 1.807) is 0 Å². The van der Waals surface area contributed by atoms with Gasteiger partial charge in [-0.15, -0.1) is 0 Å².